The smallest absolute Gasteiger partial charge is 0.239 e. The summed E-state index contributed by atoms with van der Waals surface area (Å²) in [4.78, 5) is 11.9. The number of aryl methyl sites for hydroxylation is 1. The van der Waals surface area contributed by atoms with Gasteiger partial charge in [0.05, 0.1) is 17.1 Å². The van der Waals surface area contributed by atoms with Crippen LogP contribution in [0.4, 0.5) is 11.4 Å². The molecule has 1 amide bonds. The molecule has 1 aliphatic rings. The Balaban J connectivity index is 1.94. The van der Waals surface area contributed by atoms with Gasteiger partial charge < -0.3 is 11.1 Å². The summed E-state index contributed by atoms with van der Waals surface area (Å²) >= 11 is 0. The molecule has 0 heterocycles. The lowest BCUT2D eigenvalue weighted by atomic mass is 10.1. The zero-order chi connectivity index (χ0) is 15.5. The molecule has 116 valence electrons. The molecular formula is C15H22N2O3S. The number of nitrogen functional groups attached to an aromatic ring is 1. The van der Waals surface area contributed by atoms with Gasteiger partial charge in [0.2, 0.25) is 5.91 Å². The fraction of sp³-hybridized carbons (Fsp3) is 0.533. The van der Waals surface area contributed by atoms with Gasteiger partial charge in [0.25, 0.3) is 0 Å². The van der Waals surface area contributed by atoms with E-state index in [4.69, 9.17) is 5.73 Å². The summed E-state index contributed by atoms with van der Waals surface area (Å²) in [5.74, 6) is -0.670. The Morgan fingerprint density at radius 3 is 2.62 bits per heavy atom. The molecule has 2 rings (SSSR count). The maximum absolute atomic E-state index is 12.0. The van der Waals surface area contributed by atoms with Crippen LogP contribution >= 0.6 is 0 Å². The standard InChI is InChI=1S/C15H22N2O3S/c1-11-6-7-14(13(16)8-11)17-15(18)10-21(19,20)9-12-4-2-3-5-12/h6-8,12H,2-5,9-10,16H2,1H3,(H,17,18). The molecule has 3 N–H and O–H groups in total. The molecule has 1 aromatic rings. The molecule has 0 aromatic heterocycles. The summed E-state index contributed by atoms with van der Waals surface area (Å²) in [7, 11) is -3.36. The highest BCUT2D eigenvalue weighted by Gasteiger charge is 2.24. The van der Waals surface area contributed by atoms with Gasteiger partial charge in [-0.2, -0.15) is 0 Å². The normalized spacial score (nSPS) is 16.0. The van der Waals surface area contributed by atoms with E-state index in [1.807, 2.05) is 13.0 Å². The number of carbonyl (C=O) groups is 1. The summed E-state index contributed by atoms with van der Waals surface area (Å²) < 4.78 is 24.1. The predicted octanol–water partition coefficient (Wildman–Crippen LogP) is 2.12. The van der Waals surface area contributed by atoms with Gasteiger partial charge in [0.15, 0.2) is 9.84 Å². The summed E-state index contributed by atoms with van der Waals surface area (Å²) in [6.45, 7) is 1.90. The van der Waals surface area contributed by atoms with Crippen molar-refractivity contribution in [1.82, 2.24) is 0 Å². The summed E-state index contributed by atoms with van der Waals surface area (Å²) in [5.41, 5.74) is 7.69. The fourth-order valence-corrected chi connectivity index (χ4v) is 4.42. The van der Waals surface area contributed by atoms with Crippen molar-refractivity contribution in [2.75, 3.05) is 22.6 Å². The van der Waals surface area contributed by atoms with Crippen molar-refractivity contribution in [3.63, 3.8) is 0 Å². The topological polar surface area (TPSA) is 89.3 Å². The second-order valence-corrected chi connectivity index (χ2v) is 7.95. The van der Waals surface area contributed by atoms with Crippen LogP contribution in [0, 0.1) is 12.8 Å². The molecule has 0 bridgehead atoms. The average molecular weight is 310 g/mol. The molecule has 0 aliphatic heterocycles. The van der Waals surface area contributed by atoms with Crippen LogP contribution in [0.5, 0.6) is 0 Å². The van der Waals surface area contributed by atoms with E-state index in [0.717, 1.165) is 31.2 Å². The maximum atomic E-state index is 12.0. The van der Waals surface area contributed by atoms with Crippen molar-refractivity contribution in [1.29, 1.82) is 0 Å². The number of amides is 1. The SMILES string of the molecule is Cc1ccc(NC(=O)CS(=O)(=O)CC2CCCC2)c(N)c1. The van der Waals surface area contributed by atoms with E-state index in [-0.39, 0.29) is 11.7 Å². The van der Waals surface area contributed by atoms with Gasteiger partial charge in [-0.15, -0.1) is 0 Å². The average Bonchev–Trinajstić information content (AvgIpc) is 2.84. The largest absolute Gasteiger partial charge is 0.397 e. The summed E-state index contributed by atoms with van der Waals surface area (Å²) in [5, 5.41) is 2.58. The van der Waals surface area contributed by atoms with Crippen molar-refractivity contribution in [2.24, 2.45) is 5.92 Å². The number of nitrogens with two attached hydrogens (primary N) is 1. The van der Waals surface area contributed by atoms with Gasteiger partial charge in [-0.05, 0) is 43.4 Å². The number of benzene rings is 1. The van der Waals surface area contributed by atoms with Crippen LogP contribution in [-0.4, -0.2) is 25.8 Å². The van der Waals surface area contributed by atoms with Gasteiger partial charge in [-0.3, -0.25) is 4.79 Å². The van der Waals surface area contributed by atoms with Gasteiger partial charge in [0, 0.05) is 0 Å². The fourth-order valence-electron chi connectivity index (χ4n) is 2.78. The number of rotatable bonds is 5. The third kappa shape index (κ3) is 4.74. The monoisotopic (exact) mass is 310 g/mol. The molecule has 1 aliphatic carbocycles. The van der Waals surface area contributed by atoms with Gasteiger partial charge >= 0.3 is 0 Å². The Kier molecular flexibility index (Phi) is 4.88. The van der Waals surface area contributed by atoms with E-state index in [1.165, 1.54) is 0 Å². The molecule has 0 saturated heterocycles. The van der Waals surface area contributed by atoms with E-state index in [1.54, 1.807) is 12.1 Å². The number of hydrogen-bond donors (Lipinski definition) is 2. The van der Waals surface area contributed by atoms with Crippen LogP contribution in [0.25, 0.3) is 0 Å². The first-order valence-electron chi connectivity index (χ1n) is 7.22. The minimum Gasteiger partial charge on any atom is -0.397 e. The van der Waals surface area contributed by atoms with Crippen molar-refractivity contribution in [2.45, 2.75) is 32.6 Å². The molecule has 0 atom stereocenters. The molecule has 21 heavy (non-hydrogen) atoms. The Morgan fingerprint density at radius 2 is 2.00 bits per heavy atom. The molecule has 1 fully saturated rings. The van der Waals surface area contributed by atoms with Crippen molar-refractivity contribution in [3.05, 3.63) is 23.8 Å². The second kappa shape index (κ2) is 6.47. The van der Waals surface area contributed by atoms with Crippen LogP contribution in [-0.2, 0) is 14.6 Å². The first-order valence-corrected chi connectivity index (χ1v) is 9.04. The minimum absolute atomic E-state index is 0.115. The Bertz CT molecular complexity index is 620. The third-order valence-electron chi connectivity index (χ3n) is 3.80. The number of anilines is 2. The summed E-state index contributed by atoms with van der Waals surface area (Å²) in [6.07, 6.45) is 4.08. The van der Waals surface area contributed by atoms with E-state index < -0.39 is 21.5 Å². The first kappa shape index (κ1) is 15.8. The van der Waals surface area contributed by atoms with E-state index in [9.17, 15) is 13.2 Å². The number of hydrogen-bond acceptors (Lipinski definition) is 4. The Morgan fingerprint density at radius 1 is 1.33 bits per heavy atom. The van der Waals surface area contributed by atoms with Crippen molar-refractivity contribution < 1.29 is 13.2 Å². The highest BCUT2D eigenvalue weighted by Crippen LogP contribution is 2.26. The Hall–Kier alpha value is -1.56. The molecule has 5 nitrogen and oxygen atoms in total. The molecule has 0 radical (unpaired) electrons. The predicted molar refractivity (Wildman–Crippen MR) is 84.8 cm³/mol. The van der Waals surface area contributed by atoms with Crippen molar-refractivity contribution in [3.8, 4) is 0 Å². The maximum Gasteiger partial charge on any atom is 0.239 e. The number of carbonyl (C=O) groups excluding carboxylic acids is 1. The van der Waals surface area contributed by atoms with Crippen LogP contribution in [0.2, 0.25) is 0 Å². The highest BCUT2D eigenvalue weighted by molar-refractivity contribution is 7.92. The first-order chi connectivity index (χ1) is 9.85. The molecule has 0 unspecified atom stereocenters. The molecular weight excluding hydrogens is 288 g/mol. The lowest BCUT2D eigenvalue weighted by molar-refractivity contribution is -0.113. The molecule has 1 aromatic carbocycles. The van der Waals surface area contributed by atoms with Gasteiger partial charge in [-0.25, -0.2) is 8.42 Å². The number of sulfone groups is 1. The number of nitrogens with one attached hydrogen (secondary N) is 1. The van der Waals surface area contributed by atoms with Crippen molar-refractivity contribution >= 4 is 27.1 Å². The van der Waals surface area contributed by atoms with E-state index in [0.29, 0.717) is 11.4 Å². The van der Waals surface area contributed by atoms with Gasteiger partial charge in [-0.1, -0.05) is 18.9 Å². The third-order valence-corrected chi connectivity index (χ3v) is 5.48. The zero-order valence-corrected chi connectivity index (χ0v) is 13.1. The molecule has 1 saturated carbocycles. The molecule has 6 heteroatoms. The Labute approximate surface area is 125 Å². The molecule has 0 spiro atoms. The van der Waals surface area contributed by atoms with Crippen LogP contribution in [0.15, 0.2) is 18.2 Å². The van der Waals surface area contributed by atoms with Crippen LogP contribution in [0.3, 0.4) is 0 Å². The van der Waals surface area contributed by atoms with Crippen LogP contribution < -0.4 is 11.1 Å². The zero-order valence-electron chi connectivity index (χ0n) is 12.3. The highest BCUT2D eigenvalue weighted by atomic mass is 32.2. The lowest BCUT2D eigenvalue weighted by Crippen LogP contribution is -2.27. The lowest BCUT2D eigenvalue weighted by Gasteiger charge is -2.11. The summed E-state index contributed by atoms with van der Waals surface area (Å²) in [6, 6.07) is 5.24. The quantitative estimate of drug-likeness (QED) is 0.815. The van der Waals surface area contributed by atoms with E-state index in [2.05, 4.69) is 5.32 Å². The van der Waals surface area contributed by atoms with E-state index >= 15 is 0 Å². The van der Waals surface area contributed by atoms with Gasteiger partial charge in [0.1, 0.15) is 5.75 Å². The minimum atomic E-state index is -3.36. The van der Waals surface area contributed by atoms with Crippen LogP contribution in [0.1, 0.15) is 31.2 Å². The second-order valence-electron chi connectivity index (χ2n) is 5.84.